The molecule has 272 valence electrons. The fraction of sp³-hybridized carbons (Fsp3) is 0.200. The number of benzene rings is 4. The van der Waals surface area contributed by atoms with Crippen LogP contribution in [0.25, 0.3) is 21.8 Å². The average molecular weight is 729 g/mol. The Morgan fingerprint density at radius 3 is 1.85 bits per heavy atom. The lowest BCUT2D eigenvalue weighted by Crippen LogP contribution is -2.26. The highest BCUT2D eigenvalue weighted by atomic mass is 19.1. The van der Waals surface area contributed by atoms with Crippen molar-refractivity contribution in [3.05, 3.63) is 130 Å². The van der Waals surface area contributed by atoms with Gasteiger partial charge >= 0.3 is 11.9 Å². The van der Waals surface area contributed by atoms with E-state index < -0.39 is 76.8 Å². The maximum absolute atomic E-state index is 16.6. The molecule has 2 unspecified atom stereocenters. The number of phenolic OH excluding ortho intramolecular Hbond substituents is 1. The number of aromatic hydroxyl groups is 1. The number of carboxylic acids is 1. The summed E-state index contributed by atoms with van der Waals surface area (Å²) in [6, 6.07) is 14.3. The second kappa shape index (κ2) is 14.1. The third-order valence-electron chi connectivity index (χ3n) is 9.60. The number of carbonyl (C=O) groups is 4. The number of fused-ring (bicyclic) bond motifs is 2. The molecule has 0 bridgehead atoms. The number of nitrogens with zero attached hydrogens (tertiary/aromatic N) is 2. The molecule has 0 aliphatic carbocycles. The largest absolute Gasteiger partial charge is 0.505 e. The number of hydrogen-bond acceptors (Lipinski definition) is 6. The van der Waals surface area contributed by atoms with Crippen LogP contribution in [0, 0.1) is 43.0 Å². The maximum Gasteiger partial charge on any atom is 0.319 e. The highest BCUT2D eigenvalue weighted by molar-refractivity contribution is 6.07. The van der Waals surface area contributed by atoms with E-state index in [0.29, 0.717) is 6.42 Å². The van der Waals surface area contributed by atoms with Crippen LogP contribution < -0.4 is 4.74 Å². The van der Waals surface area contributed by atoms with Crippen molar-refractivity contribution in [1.82, 2.24) is 9.13 Å². The van der Waals surface area contributed by atoms with E-state index in [4.69, 9.17) is 4.74 Å². The number of carbonyl (C=O) groups excluding carboxylic acids is 3. The summed E-state index contributed by atoms with van der Waals surface area (Å²) in [4.78, 5) is 53.5. The molecule has 53 heavy (non-hydrogen) atoms. The van der Waals surface area contributed by atoms with E-state index >= 15 is 8.78 Å². The van der Waals surface area contributed by atoms with Crippen molar-refractivity contribution < 1.29 is 51.7 Å². The number of rotatable bonds is 9. The monoisotopic (exact) mass is 728 g/mol. The Balaban J connectivity index is 1.50. The van der Waals surface area contributed by atoms with Gasteiger partial charge in [0.25, 0.3) is 11.8 Å². The van der Waals surface area contributed by atoms with E-state index in [1.165, 1.54) is 50.2 Å². The topological polar surface area (TPSA) is 128 Å². The third-order valence-corrected chi connectivity index (χ3v) is 9.60. The van der Waals surface area contributed by atoms with Crippen LogP contribution in [-0.4, -0.2) is 43.1 Å². The van der Waals surface area contributed by atoms with Crippen LogP contribution in [0.2, 0.25) is 0 Å². The zero-order valence-electron chi connectivity index (χ0n) is 28.8. The van der Waals surface area contributed by atoms with Crippen molar-refractivity contribution in [3.63, 3.8) is 0 Å². The Labute approximate surface area is 299 Å². The molecule has 0 fully saturated rings. The molecule has 9 nitrogen and oxygen atoms in total. The van der Waals surface area contributed by atoms with Gasteiger partial charge in [0.15, 0.2) is 23.1 Å². The van der Waals surface area contributed by atoms with Crippen LogP contribution in [0.15, 0.2) is 72.8 Å². The second-order valence-electron chi connectivity index (χ2n) is 12.8. The Kier molecular flexibility index (Phi) is 9.69. The van der Waals surface area contributed by atoms with Gasteiger partial charge in [-0.3, -0.25) is 28.3 Å². The minimum absolute atomic E-state index is 0.0196. The van der Waals surface area contributed by atoms with Crippen molar-refractivity contribution in [2.75, 3.05) is 0 Å². The highest BCUT2D eigenvalue weighted by Gasteiger charge is 2.37. The molecular formula is C40H32F4N2O7. The number of phenols is 1. The normalized spacial score (nSPS) is 12.6. The van der Waals surface area contributed by atoms with Gasteiger partial charge in [-0.2, -0.15) is 0 Å². The molecule has 2 N–H and O–H groups in total. The first-order valence-corrected chi connectivity index (χ1v) is 16.5. The second-order valence-corrected chi connectivity index (χ2v) is 12.8. The van der Waals surface area contributed by atoms with Gasteiger partial charge in [0.2, 0.25) is 0 Å². The van der Waals surface area contributed by atoms with Crippen molar-refractivity contribution in [2.45, 2.75) is 46.5 Å². The quantitative estimate of drug-likeness (QED) is 0.0873. The molecule has 0 amide bonds. The van der Waals surface area contributed by atoms with Crippen molar-refractivity contribution in [3.8, 4) is 11.5 Å². The highest BCUT2D eigenvalue weighted by Crippen LogP contribution is 2.42. The summed E-state index contributed by atoms with van der Waals surface area (Å²) in [5.74, 6) is -10.9. The lowest BCUT2D eigenvalue weighted by atomic mass is 9.84. The summed E-state index contributed by atoms with van der Waals surface area (Å²) in [6.07, 6.45) is -0.394. The lowest BCUT2D eigenvalue weighted by molar-refractivity contribution is -0.138. The van der Waals surface area contributed by atoms with Gasteiger partial charge in [0, 0.05) is 33.3 Å². The van der Waals surface area contributed by atoms with Crippen molar-refractivity contribution >= 4 is 45.6 Å². The summed E-state index contributed by atoms with van der Waals surface area (Å²) in [5.41, 5.74) is -0.180. The number of aliphatic carboxylic acids is 1. The predicted molar refractivity (Wildman–Crippen MR) is 186 cm³/mol. The molecule has 13 heteroatoms. The number of halogens is 4. The van der Waals surface area contributed by atoms with E-state index in [1.54, 1.807) is 13.8 Å². The smallest absolute Gasteiger partial charge is 0.319 e. The molecule has 0 radical (unpaired) electrons. The molecule has 0 aliphatic rings. The summed E-state index contributed by atoms with van der Waals surface area (Å²) >= 11 is 0. The molecule has 0 saturated heterocycles. The first-order chi connectivity index (χ1) is 25.2. The molecule has 2 atom stereocenters. The van der Waals surface area contributed by atoms with Gasteiger partial charge in [0.05, 0.1) is 23.4 Å². The van der Waals surface area contributed by atoms with Crippen LogP contribution in [0.5, 0.6) is 11.5 Å². The minimum atomic E-state index is -1.35. The Morgan fingerprint density at radius 2 is 1.30 bits per heavy atom. The average Bonchev–Trinajstić information content (AvgIpc) is 3.56. The first-order valence-electron chi connectivity index (χ1n) is 16.5. The van der Waals surface area contributed by atoms with Crippen LogP contribution in [-0.2, 0) is 16.0 Å². The van der Waals surface area contributed by atoms with Gasteiger partial charge < -0.3 is 14.9 Å². The van der Waals surface area contributed by atoms with E-state index in [1.807, 2.05) is 0 Å². The van der Waals surface area contributed by atoms with Gasteiger partial charge in [-0.1, -0.05) is 32.4 Å². The summed E-state index contributed by atoms with van der Waals surface area (Å²) < 4.78 is 68.5. The lowest BCUT2D eigenvalue weighted by Gasteiger charge is -2.23. The Bertz CT molecular complexity index is 2500. The van der Waals surface area contributed by atoms with Crippen molar-refractivity contribution in [1.29, 1.82) is 0 Å². The van der Waals surface area contributed by atoms with Crippen molar-refractivity contribution in [2.24, 2.45) is 5.92 Å². The molecular weight excluding hydrogens is 696 g/mol. The fourth-order valence-corrected chi connectivity index (χ4v) is 6.89. The minimum Gasteiger partial charge on any atom is -0.505 e. The van der Waals surface area contributed by atoms with E-state index in [0.717, 1.165) is 45.5 Å². The Hall–Kier alpha value is -6.24. The Morgan fingerprint density at radius 1 is 0.755 bits per heavy atom. The SMILES string of the molecule is CCC(C)C(C(=O)Oc1ccc2c(c1F)c(CC(=O)O)c(C)n2C(=O)c1cccc(F)c1)c1c(C)n(C(=O)c2cccc(F)c2)c2ccc(O)c(F)c12. The third kappa shape index (κ3) is 6.32. The summed E-state index contributed by atoms with van der Waals surface area (Å²) in [5, 5.41) is 19.5. The van der Waals surface area contributed by atoms with Crippen LogP contribution in [0.3, 0.4) is 0 Å². The van der Waals surface area contributed by atoms with Gasteiger partial charge in [-0.15, -0.1) is 0 Å². The molecule has 2 heterocycles. The van der Waals surface area contributed by atoms with E-state index in [2.05, 4.69) is 0 Å². The van der Waals surface area contributed by atoms with E-state index in [-0.39, 0.29) is 55.4 Å². The molecule has 0 saturated carbocycles. The van der Waals surface area contributed by atoms with Gasteiger partial charge in [-0.05, 0) is 91.6 Å². The summed E-state index contributed by atoms with van der Waals surface area (Å²) in [7, 11) is 0. The number of hydrogen-bond donors (Lipinski definition) is 2. The zero-order valence-corrected chi connectivity index (χ0v) is 28.8. The first kappa shape index (κ1) is 36.5. The number of carboxylic acid groups (broad SMARTS) is 1. The molecule has 2 aromatic heterocycles. The number of esters is 1. The molecule has 6 rings (SSSR count). The molecule has 0 aliphatic heterocycles. The number of ether oxygens (including phenoxy) is 1. The van der Waals surface area contributed by atoms with Crippen LogP contribution in [0.1, 0.15) is 69.4 Å². The van der Waals surface area contributed by atoms with Gasteiger partial charge in [-0.25, -0.2) is 17.6 Å². The maximum atomic E-state index is 16.6. The number of aromatic nitrogens is 2. The zero-order chi connectivity index (χ0) is 38.5. The standard InChI is InChI=1S/C40H32F4N2O7/c1-5-19(2)32(33-21(4)46(28-12-14-29(47)36(43)35(28)33)39(51)23-9-7-11-25(42)17-23)40(52)53-30-15-13-27-34(37(30)44)26(18-31(48)49)20(3)45(27)38(50)22-8-6-10-24(41)16-22/h6-17,19,32,47H,5,18H2,1-4H3,(H,48,49). The van der Waals surface area contributed by atoms with Crippen LogP contribution >= 0.6 is 0 Å². The fourth-order valence-electron chi connectivity index (χ4n) is 6.89. The molecule has 6 aromatic rings. The van der Waals surface area contributed by atoms with E-state index in [9.17, 15) is 38.2 Å². The molecule has 0 spiro atoms. The van der Waals surface area contributed by atoms with Crippen LogP contribution in [0.4, 0.5) is 17.6 Å². The van der Waals surface area contributed by atoms with Gasteiger partial charge in [0.1, 0.15) is 11.6 Å². The predicted octanol–water partition coefficient (Wildman–Crippen LogP) is 8.21. The molecule has 4 aromatic carbocycles. The summed E-state index contributed by atoms with van der Waals surface area (Å²) in [6.45, 7) is 6.28.